The van der Waals surface area contributed by atoms with Gasteiger partial charge in [-0.25, -0.2) is 4.39 Å². The van der Waals surface area contributed by atoms with Gasteiger partial charge in [-0.05, 0) is 36.6 Å². The summed E-state index contributed by atoms with van der Waals surface area (Å²) in [6, 6.07) is 7.91. The van der Waals surface area contributed by atoms with Gasteiger partial charge >= 0.3 is 0 Å². The van der Waals surface area contributed by atoms with Crippen LogP contribution in [0.2, 0.25) is 5.02 Å². The topological polar surface area (TPSA) is 72.2 Å². The van der Waals surface area contributed by atoms with E-state index in [1.165, 1.54) is 36.0 Å². The van der Waals surface area contributed by atoms with Crippen molar-refractivity contribution >= 4 is 40.6 Å². The Morgan fingerprint density at radius 2 is 2.05 bits per heavy atom. The molecule has 114 valence electrons. The zero-order chi connectivity index (χ0) is 16.3. The molecule has 2 aromatic rings. The first kappa shape index (κ1) is 16.3. The lowest BCUT2D eigenvalue weighted by Crippen LogP contribution is -2.13. The largest absolute Gasteiger partial charge is 0.319 e. The minimum absolute atomic E-state index is 0.0500. The maximum absolute atomic E-state index is 13.6. The fraction of sp³-hybridized carbons (Fsp3) is 0.0714. The van der Waals surface area contributed by atoms with Crippen LogP contribution in [0.4, 0.5) is 15.8 Å². The van der Waals surface area contributed by atoms with Crippen LogP contribution in [0.15, 0.2) is 41.3 Å². The quantitative estimate of drug-likeness (QED) is 0.510. The van der Waals surface area contributed by atoms with E-state index in [4.69, 9.17) is 11.6 Å². The van der Waals surface area contributed by atoms with Gasteiger partial charge in [-0.3, -0.25) is 14.9 Å². The van der Waals surface area contributed by atoms with Crippen LogP contribution in [0.5, 0.6) is 0 Å². The fourth-order valence-electron chi connectivity index (χ4n) is 1.76. The van der Waals surface area contributed by atoms with Crippen LogP contribution in [0, 0.1) is 15.9 Å². The average Bonchev–Trinajstić information content (AvgIpc) is 2.49. The van der Waals surface area contributed by atoms with Crippen molar-refractivity contribution in [2.75, 3.05) is 11.6 Å². The van der Waals surface area contributed by atoms with E-state index in [9.17, 15) is 19.3 Å². The lowest BCUT2D eigenvalue weighted by molar-refractivity contribution is -0.387. The lowest BCUT2D eigenvalue weighted by atomic mass is 10.2. The molecule has 0 aliphatic rings. The third-order valence-corrected chi connectivity index (χ3v) is 3.84. The van der Waals surface area contributed by atoms with Gasteiger partial charge in [0.2, 0.25) is 0 Å². The molecule has 1 amide bonds. The van der Waals surface area contributed by atoms with E-state index in [2.05, 4.69) is 5.32 Å². The molecule has 2 rings (SSSR count). The van der Waals surface area contributed by atoms with Crippen molar-refractivity contribution in [2.45, 2.75) is 4.90 Å². The smallest absolute Gasteiger partial charge is 0.283 e. The minimum Gasteiger partial charge on any atom is -0.319 e. The number of halogens is 2. The number of nitro benzene ring substituents is 1. The second-order valence-electron chi connectivity index (χ2n) is 4.22. The Kier molecular flexibility index (Phi) is 4.99. The summed E-state index contributed by atoms with van der Waals surface area (Å²) in [6.07, 6.45) is 1.70. The highest BCUT2D eigenvalue weighted by Gasteiger charge is 2.17. The molecule has 0 heterocycles. The van der Waals surface area contributed by atoms with Gasteiger partial charge in [0, 0.05) is 16.7 Å². The molecular weight excluding hydrogens is 331 g/mol. The fourth-order valence-corrected chi connectivity index (χ4v) is 2.46. The van der Waals surface area contributed by atoms with Crippen molar-refractivity contribution < 1.29 is 14.1 Å². The van der Waals surface area contributed by atoms with E-state index in [0.29, 0.717) is 4.90 Å². The molecule has 5 nitrogen and oxygen atoms in total. The predicted octanol–water partition coefficient (Wildman–Crippen LogP) is 4.36. The van der Waals surface area contributed by atoms with Crippen LogP contribution in [0.3, 0.4) is 0 Å². The third-order valence-electron chi connectivity index (χ3n) is 2.82. The first-order valence-electron chi connectivity index (χ1n) is 6.01. The van der Waals surface area contributed by atoms with Gasteiger partial charge in [-0.1, -0.05) is 11.6 Å². The Hall–Kier alpha value is -2.12. The molecule has 0 aliphatic heterocycles. The molecule has 0 spiro atoms. The zero-order valence-corrected chi connectivity index (χ0v) is 12.9. The molecule has 0 unspecified atom stereocenters. The van der Waals surface area contributed by atoms with Crippen molar-refractivity contribution in [1.29, 1.82) is 0 Å². The number of nitro groups is 1. The number of carbonyl (C=O) groups excluding carboxylic acids is 1. The van der Waals surface area contributed by atoms with E-state index >= 15 is 0 Å². The van der Waals surface area contributed by atoms with Crippen LogP contribution in [-0.2, 0) is 0 Å². The maximum Gasteiger partial charge on any atom is 0.283 e. The summed E-state index contributed by atoms with van der Waals surface area (Å²) >= 11 is 6.83. The van der Waals surface area contributed by atoms with Crippen molar-refractivity contribution in [2.24, 2.45) is 0 Å². The van der Waals surface area contributed by atoms with Crippen LogP contribution in [0.1, 0.15) is 10.4 Å². The first-order chi connectivity index (χ1) is 10.4. The second-order valence-corrected chi connectivity index (χ2v) is 5.51. The summed E-state index contributed by atoms with van der Waals surface area (Å²) in [6.45, 7) is 0. The Balaban J connectivity index is 2.30. The number of thioether (sulfide) groups is 1. The van der Waals surface area contributed by atoms with Crippen molar-refractivity contribution in [3.05, 3.63) is 62.9 Å². The number of amides is 1. The highest BCUT2D eigenvalue weighted by molar-refractivity contribution is 7.98. The second kappa shape index (κ2) is 6.76. The van der Waals surface area contributed by atoms with E-state index in [0.717, 1.165) is 12.1 Å². The van der Waals surface area contributed by atoms with Crippen LogP contribution < -0.4 is 5.32 Å². The first-order valence-corrected chi connectivity index (χ1v) is 7.61. The Morgan fingerprint density at radius 1 is 1.32 bits per heavy atom. The summed E-state index contributed by atoms with van der Waals surface area (Å²) in [7, 11) is 0. The number of carbonyl (C=O) groups is 1. The molecule has 0 saturated carbocycles. The van der Waals surface area contributed by atoms with Crippen molar-refractivity contribution in [1.82, 2.24) is 0 Å². The summed E-state index contributed by atoms with van der Waals surface area (Å²) in [5.41, 5.74) is -0.151. The van der Waals surface area contributed by atoms with E-state index in [-0.39, 0.29) is 22.0 Å². The summed E-state index contributed by atoms with van der Waals surface area (Å²) in [4.78, 5) is 23.0. The Labute approximate surface area is 134 Å². The molecule has 8 heteroatoms. The number of rotatable bonds is 4. The van der Waals surface area contributed by atoms with Crippen molar-refractivity contribution in [3.63, 3.8) is 0 Å². The van der Waals surface area contributed by atoms with Crippen LogP contribution >= 0.6 is 23.4 Å². The third kappa shape index (κ3) is 3.55. The van der Waals surface area contributed by atoms with E-state index < -0.39 is 16.6 Å². The van der Waals surface area contributed by atoms with Gasteiger partial charge in [0.25, 0.3) is 11.6 Å². The number of benzene rings is 2. The molecular formula is C14H10ClFN2O3S. The van der Waals surface area contributed by atoms with Gasteiger partial charge < -0.3 is 5.32 Å². The monoisotopic (exact) mass is 340 g/mol. The predicted molar refractivity (Wildman–Crippen MR) is 84.2 cm³/mol. The number of hydrogen-bond donors (Lipinski definition) is 1. The molecule has 2 aromatic carbocycles. The highest BCUT2D eigenvalue weighted by atomic mass is 35.5. The zero-order valence-electron chi connectivity index (χ0n) is 11.3. The maximum atomic E-state index is 13.6. The Bertz CT molecular complexity index is 755. The number of nitrogens with zero attached hydrogens (tertiary/aromatic N) is 1. The normalized spacial score (nSPS) is 10.3. The molecule has 0 bridgehead atoms. The number of anilines is 1. The average molecular weight is 341 g/mol. The standard InChI is InChI=1S/C14H10ClFN2O3S/c1-22-13-5-2-8(6-12(13)18(20)21)14(19)17-11-4-3-9(15)7-10(11)16/h2-7H,1H3,(H,17,19). The molecule has 22 heavy (non-hydrogen) atoms. The lowest BCUT2D eigenvalue weighted by Gasteiger charge is -2.07. The molecule has 0 saturated heterocycles. The summed E-state index contributed by atoms with van der Waals surface area (Å²) in [5.74, 6) is -1.33. The minimum atomic E-state index is -0.684. The van der Waals surface area contributed by atoms with Gasteiger partial charge in [0.05, 0.1) is 15.5 Å². The SMILES string of the molecule is CSc1ccc(C(=O)Nc2ccc(Cl)cc2F)cc1[N+](=O)[O-]. The van der Waals surface area contributed by atoms with Crippen LogP contribution in [0.25, 0.3) is 0 Å². The Morgan fingerprint density at radius 3 is 2.64 bits per heavy atom. The summed E-state index contributed by atoms with van der Waals surface area (Å²) in [5, 5.41) is 13.6. The van der Waals surface area contributed by atoms with Crippen LogP contribution in [-0.4, -0.2) is 17.1 Å². The van der Waals surface area contributed by atoms with Crippen molar-refractivity contribution in [3.8, 4) is 0 Å². The molecule has 0 aliphatic carbocycles. The molecule has 0 aromatic heterocycles. The van der Waals surface area contributed by atoms with Gasteiger partial charge in [-0.15, -0.1) is 11.8 Å². The van der Waals surface area contributed by atoms with E-state index in [1.807, 2.05) is 0 Å². The molecule has 0 atom stereocenters. The van der Waals surface area contributed by atoms with Gasteiger partial charge in [-0.2, -0.15) is 0 Å². The number of nitrogens with one attached hydrogen (secondary N) is 1. The molecule has 0 fully saturated rings. The number of hydrogen-bond acceptors (Lipinski definition) is 4. The van der Waals surface area contributed by atoms with Gasteiger partial charge in [0.15, 0.2) is 0 Å². The molecule has 1 N–H and O–H groups in total. The summed E-state index contributed by atoms with van der Waals surface area (Å²) < 4.78 is 13.6. The molecule has 0 radical (unpaired) electrons. The highest BCUT2D eigenvalue weighted by Crippen LogP contribution is 2.28. The van der Waals surface area contributed by atoms with Gasteiger partial charge in [0.1, 0.15) is 5.82 Å². The van der Waals surface area contributed by atoms with E-state index in [1.54, 1.807) is 6.26 Å².